The Balaban J connectivity index is 2.68. The molecule has 2 aromatic rings. The Morgan fingerprint density at radius 2 is 2.13 bits per heavy atom. The molecule has 0 atom stereocenters. The van der Waals surface area contributed by atoms with Crippen molar-refractivity contribution in [2.45, 2.75) is 26.7 Å². The van der Waals surface area contributed by atoms with Crippen LogP contribution < -0.4 is 0 Å². The molecule has 2 heteroatoms. The Kier molecular flexibility index (Phi) is 2.92. The number of hydrogen-bond donors (Lipinski definition) is 0. The van der Waals surface area contributed by atoms with Gasteiger partial charge >= 0.3 is 0 Å². The van der Waals surface area contributed by atoms with Crippen LogP contribution in [0, 0.1) is 6.92 Å². The van der Waals surface area contributed by atoms with Gasteiger partial charge in [-0.15, -0.1) is 0 Å². The van der Waals surface area contributed by atoms with Crippen molar-refractivity contribution in [1.29, 1.82) is 0 Å². The van der Waals surface area contributed by atoms with Gasteiger partial charge in [0.1, 0.15) is 0 Å². The van der Waals surface area contributed by atoms with E-state index in [9.17, 15) is 0 Å². The summed E-state index contributed by atoms with van der Waals surface area (Å²) < 4.78 is 0. The summed E-state index contributed by atoms with van der Waals surface area (Å²) in [5.41, 5.74) is 3.31. The molecule has 0 radical (unpaired) electrons. The van der Waals surface area contributed by atoms with Gasteiger partial charge in [-0.3, -0.25) is 4.98 Å². The molecule has 2 rings (SSSR count). The van der Waals surface area contributed by atoms with Gasteiger partial charge in [-0.05, 0) is 25.0 Å². The van der Waals surface area contributed by atoms with Gasteiger partial charge in [0, 0.05) is 11.1 Å². The summed E-state index contributed by atoms with van der Waals surface area (Å²) in [5.74, 6) is 0. The molecule has 78 valence electrons. The van der Waals surface area contributed by atoms with Crippen molar-refractivity contribution in [3.8, 4) is 0 Å². The van der Waals surface area contributed by atoms with Crippen LogP contribution in [0.5, 0.6) is 0 Å². The molecular weight excluding hydrogens is 206 g/mol. The monoisotopic (exact) mass is 219 g/mol. The first kappa shape index (κ1) is 10.4. The lowest BCUT2D eigenvalue weighted by atomic mass is 10.1. The van der Waals surface area contributed by atoms with E-state index in [-0.39, 0.29) is 0 Å². The van der Waals surface area contributed by atoms with Gasteiger partial charge < -0.3 is 0 Å². The van der Waals surface area contributed by atoms with Crippen LogP contribution in [0.1, 0.15) is 24.6 Å². The van der Waals surface area contributed by atoms with Crippen LogP contribution >= 0.6 is 11.6 Å². The first-order chi connectivity index (χ1) is 7.22. The molecule has 1 aromatic heterocycles. The number of halogens is 1. The minimum absolute atomic E-state index is 0.812. The van der Waals surface area contributed by atoms with Crippen LogP contribution in [0.3, 0.4) is 0 Å². The van der Waals surface area contributed by atoms with Crippen molar-refractivity contribution < 1.29 is 0 Å². The number of rotatable bonds is 2. The smallest absolute Gasteiger partial charge is 0.0749 e. The molecule has 0 spiro atoms. The summed E-state index contributed by atoms with van der Waals surface area (Å²) >= 11 is 6.23. The quantitative estimate of drug-likeness (QED) is 0.740. The Labute approximate surface area is 95.1 Å². The topological polar surface area (TPSA) is 12.9 Å². The molecule has 0 bridgehead atoms. The van der Waals surface area contributed by atoms with E-state index in [0.717, 1.165) is 34.5 Å². The van der Waals surface area contributed by atoms with Crippen molar-refractivity contribution >= 4 is 22.5 Å². The zero-order valence-corrected chi connectivity index (χ0v) is 9.80. The average Bonchev–Trinajstić information content (AvgIpc) is 2.20. The van der Waals surface area contributed by atoms with Gasteiger partial charge in [-0.25, -0.2) is 0 Å². The molecule has 1 nitrogen and oxygen atoms in total. The number of nitrogens with zero attached hydrogens (tertiary/aromatic N) is 1. The molecule has 0 aliphatic rings. The minimum atomic E-state index is 0.812. The van der Waals surface area contributed by atoms with Gasteiger partial charge in [0.05, 0.1) is 10.5 Å². The summed E-state index contributed by atoms with van der Waals surface area (Å²) in [6, 6.07) is 8.09. The summed E-state index contributed by atoms with van der Waals surface area (Å²) in [6.45, 7) is 4.22. The van der Waals surface area contributed by atoms with Crippen molar-refractivity contribution in [2.75, 3.05) is 0 Å². The highest BCUT2D eigenvalue weighted by molar-refractivity contribution is 6.35. The number of para-hydroxylation sites is 1. The van der Waals surface area contributed by atoms with Gasteiger partial charge in [-0.1, -0.05) is 43.1 Å². The van der Waals surface area contributed by atoms with E-state index in [4.69, 9.17) is 11.6 Å². The fourth-order valence-electron chi connectivity index (χ4n) is 1.78. The predicted octanol–water partition coefficient (Wildman–Crippen LogP) is 4.15. The lowest BCUT2D eigenvalue weighted by Gasteiger charge is -2.06. The number of aromatic nitrogens is 1. The number of fused-ring (bicyclic) bond motifs is 1. The second-order valence-electron chi connectivity index (χ2n) is 3.82. The third-order valence-electron chi connectivity index (χ3n) is 2.55. The third-order valence-corrected chi connectivity index (χ3v) is 2.86. The van der Waals surface area contributed by atoms with E-state index >= 15 is 0 Å². The molecule has 0 aliphatic heterocycles. The van der Waals surface area contributed by atoms with Crippen LogP contribution in [-0.4, -0.2) is 4.98 Å². The standard InChI is InChI=1S/C13H14ClN/c1-3-5-10-8-12(14)11-7-4-6-9(2)13(11)15-10/h4,6-8H,3,5H2,1-2H3. The molecule has 0 N–H and O–H groups in total. The molecule has 1 heterocycles. The van der Waals surface area contributed by atoms with E-state index in [0.29, 0.717) is 0 Å². The predicted molar refractivity (Wildman–Crippen MR) is 65.5 cm³/mol. The maximum Gasteiger partial charge on any atom is 0.0749 e. The summed E-state index contributed by atoms with van der Waals surface area (Å²) in [7, 11) is 0. The largest absolute Gasteiger partial charge is 0.252 e. The van der Waals surface area contributed by atoms with Crippen LogP contribution in [0.4, 0.5) is 0 Å². The number of pyridine rings is 1. The van der Waals surface area contributed by atoms with Crippen molar-refractivity contribution in [2.24, 2.45) is 0 Å². The van der Waals surface area contributed by atoms with E-state index in [1.807, 2.05) is 18.2 Å². The Bertz CT molecular complexity index is 491. The Morgan fingerprint density at radius 3 is 2.87 bits per heavy atom. The van der Waals surface area contributed by atoms with Crippen LogP contribution in [0.2, 0.25) is 5.02 Å². The highest BCUT2D eigenvalue weighted by Gasteiger charge is 2.05. The molecular formula is C13H14ClN. The Hall–Kier alpha value is -1.08. The minimum Gasteiger partial charge on any atom is -0.252 e. The van der Waals surface area contributed by atoms with E-state index < -0.39 is 0 Å². The summed E-state index contributed by atoms with van der Waals surface area (Å²) in [4.78, 5) is 4.64. The van der Waals surface area contributed by atoms with E-state index in [2.05, 4.69) is 24.9 Å². The normalized spacial score (nSPS) is 10.9. The fraction of sp³-hybridized carbons (Fsp3) is 0.308. The molecule has 15 heavy (non-hydrogen) atoms. The van der Waals surface area contributed by atoms with Gasteiger partial charge in [0.25, 0.3) is 0 Å². The fourth-order valence-corrected chi connectivity index (χ4v) is 2.06. The maximum atomic E-state index is 6.23. The van der Waals surface area contributed by atoms with Gasteiger partial charge in [0.2, 0.25) is 0 Å². The van der Waals surface area contributed by atoms with Crippen molar-refractivity contribution in [3.63, 3.8) is 0 Å². The molecule has 0 amide bonds. The zero-order chi connectivity index (χ0) is 10.8. The highest BCUT2D eigenvalue weighted by Crippen LogP contribution is 2.25. The van der Waals surface area contributed by atoms with Crippen LogP contribution in [0.15, 0.2) is 24.3 Å². The van der Waals surface area contributed by atoms with E-state index in [1.165, 1.54) is 5.56 Å². The van der Waals surface area contributed by atoms with Crippen LogP contribution in [0.25, 0.3) is 10.9 Å². The maximum absolute atomic E-state index is 6.23. The third kappa shape index (κ3) is 1.98. The molecule has 0 aliphatic carbocycles. The first-order valence-corrected chi connectivity index (χ1v) is 5.65. The second-order valence-corrected chi connectivity index (χ2v) is 4.22. The number of hydrogen-bond acceptors (Lipinski definition) is 1. The number of aryl methyl sites for hydroxylation is 2. The summed E-state index contributed by atoms with van der Waals surface area (Å²) in [5, 5.41) is 1.86. The Morgan fingerprint density at radius 1 is 1.33 bits per heavy atom. The molecule has 0 unspecified atom stereocenters. The SMILES string of the molecule is CCCc1cc(Cl)c2cccc(C)c2n1. The lowest BCUT2D eigenvalue weighted by Crippen LogP contribution is -1.92. The van der Waals surface area contributed by atoms with Gasteiger partial charge in [0.15, 0.2) is 0 Å². The molecule has 1 aromatic carbocycles. The first-order valence-electron chi connectivity index (χ1n) is 5.27. The highest BCUT2D eigenvalue weighted by atomic mass is 35.5. The molecule has 0 fully saturated rings. The van der Waals surface area contributed by atoms with Crippen molar-refractivity contribution in [1.82, 2.24) is 4.98 Å². The number of benzene rings is 1. The average molecular weight is 220 g/mol. The molecule has 0 saturated heterocycles. The van der Waals surface area contributed by atoms with Crippen LogP contribution in [-0.2, 0) is 6.42 Å². The summed E-state index contributed by atoms with van der Waals surface area (Å²) in [6.07, 6.45) is 2.09. The van der Waals surface area contributed by atoms with E-state index in [1.54, 1.807) is 0 Å². The van der Waals surface area contributed by atoms with Gasteiger partial charge in [-0.2, -0.15) is 0 Å². The zero-order valence-electron chi connectivity index (χ0n) is 9.05. The van der Waals surface area contributed by atoms with Crippen molar-refractivity contribution in [3.05, 3.63) is 40.5 Å². The molecule has 0 saturated carbocycles. The lowest BCUT2D eigenvalue weighted by molar-refractivity contribution is 0.889. The second kappa shape index (κ2) is 4.19.